The highest BCUT2D eigenvalue weighted by Gasteiger charge is 2.12. The number of rotatable bonds is 9. The summed E-state index contributed by atoms with van der Waals surface area (Å²) in [6.45, 7) is 5.87. The van der Waals surface area contributed by atoms with Crippen molar-refractivity contribution in [3.63, 3.8) is 0 Å². The van der Waals surface area contributed by atoms with Gasteiger partial charge in [0.15, 0.2) is 11.5 Å². The molecular weight excluding hydrogens is 485 g/mol. The Kier molecular flexibility index (Phi) is 8.66. The van der Waals surface area contributed by atoms with Crippen LogP contribution in [0.25, 0.3) is 0 Å². The smallest absolute Gasteiger partial charge is 0.249 e. The number of anilines is 1. The molecule has 2 aromatic carbocycles. The topological polar surface area (TPSA) is 89.0 Å². The summed E-state index contributed by atoms with van der Waals surface area (Å²) >= 11 is 2.13. The van der Waals surface area contributed by atoms with Gasteiger partial charge in [-0.15, -0.1) is 0 Å². The van der Waals surface area contributed by atoms with Gasteiger partial charge in [-0.25, -0.2) is 5.43 Å². The minimum atomic E-state index is -0.514. The molecule has 0 aliphatic carbocycles. The Morgan fingerprint density at radius 1 is 1.24 bits per heavy atom. The van der Waals surface area contributed by atoms with Crippen LogP contribution in [-0.4, -0.2) is 31.7 Å². The third kappa shape index (κ3) is 6.90. The predicted molar refractivity (Wildman–Crippen MR) is 122 cm³/mol. The van der Waals surface area contributed by atoms with Gasteiger partial charge in [-0.1, -0.05) is 30.9 Å². The normalized spacial score (nSPS) is 10.4. The minimum absolute atomic E-state index is 0.332. The Hall–Kier alpha value is -2.88. The first-order valence-electron chi connectivity index (χ1n) is 8.73. The molecule has 29 heavy (non-hydrogen) atoms. The number of hydrogen-bond donors (Lipinski definition) is 2. The highest BCUT2D eigenvalue weighted by atomic mass is 127. The molecule has 0 aromatic heterocycles. The predicted octanol–water partition coefficient (Wildman–Crippen LogP) is 3.65. The number of methoxy groups -OCH3 is 1. The Morgan fingerprint density at radius 2 is 2.00 bits per heavy atom. The first kappa shape index (κ1) is 22.4. The van der Waals surface area contributed by atoms with Crippen LogP contribution in [0, 0.1) is 10.5 Å². The third-order valence-corrected chi connectivity index (χ3v) is 4.54. The van der Waals surface area contributed by atoms with Gasteiger partial charge >= 0.3 is 0 Å². The Labute approximate surface area is 183 Å². The number of para-hydroxylation sites is 1. The molecule has 0 unspecified atom stereocenters. The summed E-state index contributed by atoms with van der Waals surface area (Å²) in [4.78, 5) is 23.9. The van der Waals surface area contributed by atoms with Crippen molar-refractivity contribution < 1.29 is 19.1 Å². The van der Waals surface area contributed by atoms with Crippen molar-refractivity contribution in [1.82, 2.24) is 5.43 Å². The number of hydrogen-bond acceptors (Lipinski definition) is 5. The molecular formula is C21H22IN3O4. The maximum atomic E-state index is 12.0. The van der Waals surface area contributed by atoms with Crippen LogP contribution in [0.5, 0.6) is 11.5 Å². The van der Waals surface area contributed by atoms with E-state index < -0.39 is 11.8 Å². The molecule has 152 valence electrons. The van der Waals surface area contributed by atoms with E-state index in [1.165, 1.54) is 6.21 Å². The van der Waals surface area contributed by atoms with Gasteiger partial charge < -0.3 is 14.8 Å². The highest BCUT2D eigenvalue weighted by molar-refractivity contribution is 14.1. The maximum absolute atomic E-state index is 12.0. The van der Waals surface area contributed by atoms with Crippen molar-refractivity contribution >= 4 is 46.3 Å². The molecule has 2 rings (SSSR count). The number of halogens is 1. The van der Waals surface area contributed by atoms with Crippen LogP contribution in [-0.2, 0) is 9.59 Å². The summed E-state index contributed by atoms with van der Waals surface area (Å²) in [6.07, 6.45) is 2.79. The van der Waals surface area contributed by atoms with Crippen molar-refractivity contribution in [2.45, 2.75) is 13.3 Å². The van der Waals surface area contributed by atoms with Crippen molar-refractivity contribution in [1.29, 1.82) is 0 Å². The molecule has 0 saturated carbocycles. The van der Waals surface area contributed by atoms with Gasteiger partial charge in [0.25, 0.3) is 0 Å². The number of aryl methyl sites for hydroxylation is 1. The second-order valence-electron chi connectivity index (χ2n) is 5.97. The van der Waals surface area contributed by atoms with E-state index in [9.17, 15) is 9.59 Å². The molecule has 2 amide bonds. The Balaban J connectivity index is 1.94. The lowest BCUT2D eigenvalue weighted by atomic mass is 10.2. The van der Waals surface area contributed by atoms with Crippen molar-refractivity contribution in [3.05, 3.63) is 63.8 Å². The molecule has 0 atom stereocenters. The zero-order chi connectivity index (χ0) is 21.2. The first-order valence-corrected chi connectivity index (χ1v) is 9.81. The zero-order valence-electron chi connectivity index (χ0n) is 16.2. The maximum Gasteiger partial charge on any atom is 0.249 e. The van der Waals surface area contributed by atoms with E-state index in [2.05, 4.69) is 45.0 Å². The molecule has 0 aliphatic heterocycles. The molecule has 0 saturated heterocycles. The molecule has 0 radical (unpaired) electrons. The number of nitrogens with one attached hydrogen (secondary N) is 2. The van der Waals surface area contributed by atoms with Crippen molar-refractivity contribution in [2.75, 3.05) is 19.0 Å². The lowest BCUT2D eigenvalue weighted by molar-refractivity contribution is -0.126. The molecule has 0 fully saturated rings. The van der Waals surface area contributed by atoms with Crippen LogP contribution >= 0.6 is 22.6 Å². The fourth-order valence-electron chi connectivity index (χ4n) is 2.37. The van der Waals surface area contributed by atoms with Gasteiger partial charge in [0.1, 0.15) is 13.0 Å². The number of hydrazone groups is 1. The highest BCUT2D eigenvalue weighted by Crippen LogP contribution is 2.33. The molecule has 8 heteroatoms. The summed E-state index contributed by atoms with van der Waals surface area (Å²) in [6, 6.07) is 10.9. The first-order chi connectivity index (χ1) is 13.9. The van der Waals surface area contributed by atoms with E-state index in [-0.39, 0.29) is 6.42 Å². The Bertz CT molecular complexity index is 928. The van der Waals surface area contributed by atoms with Crippen LogP contribution in [0.2, 0.25) is 0 Å². The van der Waals surface area contributed by atoms with Crippen LogP contribution in [0.1, 0.15) is 17.5 Å². The molecule has 0 bridgehead atoms. The largest absolute Gasteiger partial charge is 0.493 e. The van der Waals surface area contributed by atoms with E-state index >= 15 is 0 Å². The number of benzene rings is 2. The number of amides is 2. The second kappa shape index (κ2) is 11.2. The van der Waals surface area contributed by atoms with E-state index in [4.69, 9.17) is 9.47 Å². The lowest BCUT2D eigenvalue weighted by Crippen LogP contribution is -2.24. The third-order valence-electron chi connectivity index (χ3n) is 3.74. The van der Waals surface area contributed by atoms with Crippen LogP contribution in [0.3, 0.4) is 0 Å². The van der Waals surface area contributed by atoms with Gasteiger partial charge in [0.05, 0.1) is 16.9 Å². The number of nitrogens with zero attached hydrogens (tertiary/aromatic N) is 1. The summed E-state index contributed by atoms with van der Waals surface area (Å²) in [5.74, 6) is 0.234. The SMILES string of the molecule is C=CCOc1c(I)cc(C=NNC(=O)CC(=O)Nc2ccccc2C)cc1OC. The quantitative estimate of drug-likeness (QED) is 0.178. The van der Waals surface area contributed by atoms with Crippen LogP contribution < -0.4 is 20.2 Å². The number of ether oxygens (including phenoxy) is 2. The average Bonchev–Trinajstić information content (AvgIpc) is 2.68. The van der Waals surface area contributed by atoms with Crippen molar-refractivity contribution in [2.24, 2.45) is 5.10 Å². The summed E-state index contributed by atoms with van der Waals surface area (Å²) in [5.41, 5.74) is 4.66. The molecule has 0 aliphatic rings. The summed E-state index contributed by atoms with van der Waals surface area (Å²) in [5, 5.41) is 6.61. The van der Waals surface area contributed by atoms with Gasteiger partial charge in [-0.05, 0) is 58.8 Å². The monoisotopic (exact) mass is 507 g/mol. The van der Waals surface area contributed by atoms with Gasteiger partial charge in [-0.2, -0.15) is 5.10 Å². The van der Waals surface area contributed by atoms with Crippen molar-refractivity contribution in [3.8, 4) is 11.5 Å². The second-order valence-corrected chi connectivity index (χ2v) is 7.13. The summed E-state index contributed by atoms with van der Waals surface area (Å²) < 4.78 is 11.8. The molecule has 7 nitrogen and oxygen atoms in total. The minimum Gasteiger partial charge on any atom is -0.493 e. The zero-order valence-corrected chi connectivity index (χ0v) is 18.4. The van der Waals surface area contributed by atoms with Gasteiger partial charge in [-0.3, -0.25) is 9.59 Å². The molecule has 0 spiro atoms. The molecule has 2 aromatic rings. The summed E-state index contributed by atoms with van der Waals surface area (Å²) in [7, 11) is 1.54. The lowest BCUT2D eigenvalue weighted by Gasteiger charge is -2.12. The molecule has 2 N–H and O–H groups in total. The van der Waals surface area contributed by atoms with E-state index in [0.29, 0.717) is 29.4 Å². The fraction of sp³-hybridized carbons (Fsp3) is 0.190. The van der Waals surface area contributed by atoms with Crippen LogP contribution in [0.15, 0.2) is 54.2 Å². The fourth-order valence-corrected chi connectivity index (χ4v) is 3.15. The van der Waals surface area contributed by atoms with Gasteiger partial charge in [0, 0.05) is 5.69 Å². The number of carbonyl (C=O) groups is 2. The molecule has 0 heterocycles. The van der Waals surface area contributed by atoms with E-state index in [0.717, 1.165) is 9.13 Å². The van der Waals surface area contributed by atoms with E-state index in [1.807, 2.05) is 31.2 Å². The number of carbonyl (C=O) groups excluding carboxylic acids is 2. The van der Waals surface area contributed by atoms with Crippen LogP contribution in [0.4, 0.5) is 5.69 Å². The standard InChI is InChI=1S/C21H22IN3O4/c1-4-9-29-21-16(22)10-15(11-18(21)28-3)13-23-25-20(27)12-19(26)24-17-8-6-5-7-14(17)2/h4-8,10-11,13H,1,9,12H2,2-3H3,(H,24,26)(H,25,27). The Morgan fingerprint density at radius 3 is 2.69 bits per heavy atom. The van der Waals surface area contributed by atoms with E-state index in [1.54, 1.807) is 25.3 Å². The van der Waals surface area contributed by atoms with Gasteiger partial charge in [0.2, 0.25) is 11.8 Å². The average molecular weight is 507 g/mol.